The zero-order valence-electron chi connectivity index (χ0n) is 12.8. The van der Waals surface area contributed by atoms with Gasteiger partial charge in [-0.25, -0.2) is 4.79 Å². The lowest BCUT2D eigenvalue weighted by Crippen LogP contribution is -2.27. The highest BCUT2D eigenvalue weighted by Gasteiger charge is 2.34. The lowest BCUT2D eigenvalue weighted by Gasteiger charge is -2.12. The molecule has 7 heteroatoms. The van der Waals surface area contributed by atoms with Gasteiger partial charge in [0.05, 0.1) is 17.0 Å². The summed E-state index contributed by atoms with van der Waals surface area (Å²) in [6.07, 6.45) is 1.58. The molecule has 3 rings (SSSR count). The van der Waals surface area contributed by atoms with Gasteiger partial charge in [0.25, 0.3) is 11.1 Å². The molecule has 126 valence electrons. The van der Waals surface area contributed by atoms with Crippen molar-refractivity contribution in [1.82, 2.24) is 4.90 Å². The summed E-state index contributed by atoms with van der Waals surface area (Å²) in [5.74, 6) is -1.40. The number of nitrogens with zero attached hydrogens (tertiary/aromatic N) is 1. The first-order valence-corrected chi connectivity index (χ1v) is 8.46. The van der Waals surface area contributed by atoms with Crippen LogP contribution in [0, 0.1) is 0 Å². The first kappa shape index (κ1) is 17.3. The molecule has 0 bridgehead atoms. The van der Waals surface area contributed by atoms with Crippen molar-refractivity contribution >= 4 is 46.6 Å². The van der Waals surface area contributed by atoms with Crippen LogP contribution in [0.4, 0.5) is 4.79 Å². The molecule has 1 N–H and O–H groups in total. The van der Waals surface area contributed by atoms with Crippen molar-refractivity contribution in [2.75, 3.05) is 0 Å². The molecule has 2 amide bonds. The lowest BCUT2D eigenvalue weighted by atomic mass is 10.1. The standard InChI is InChI=1S/C18H12ClNO4S/c19-14-3-1-2-12(8-14)10-20-16(21)15(25-18(20)24)9-11-4-6-13(7-5-11)17(22)23/h1-9H,10H2,(H,22,23)/b15-9-. The van der Waals surface area contributed by atoms with Crippen molar-refractivity contribution in [2.24, 2.45) is 0 Å². The molecule has 1 heterocycles. The maximum absolute atomic E-state index is 12.5. The van der Waals surface area contributed by atoms with Crippen molar-refractivity contribution in [2.45, 2.75) is 6.54 Å². The van der Waals surface area contributed by atoms with E-state index in [1.54, 1.807) is 42.5 Å². The van der Waals surface area contributed by atoms with Gasteiger partial charge in [-0.1, -0.05) is 35.9 Å². The van der Waals surface area contributed by atoms with Gasteiger partial charge < -0.3 is 5.11 Å². The molecule has 5 nitrogen and oxygen atoms in total. The molecule has 0 saturated carbocycles. The van der Waals surface area contributed by atoms with Crippen LogP contribution in [0.3, 0.4) is 0 Å². The molecule has 0 spiro atoms. The van der Waals surface area contributed by atoms with Crippen molar-refractivity contribution < 1.29 is 19.5 Å². The SMILES string of the molecule is O=C(O)c1ccc(/C=C2\SC(=O)N(Cc3cccc(Cl)c3)C2=O)cc1. The van der Waals surface area contributed by atoms with Crippen molar-refractivity contribution in [3.63, 3.8) is 0 Å². The number of benzene rings is 2. The van der Waals surface area contributed by atoms with E-state index in [0.29, 0.717) is 15.5 Å². The van der Waals surface area contributed by atoms with E-state index in [9.17, 15) is 14.4 Å². The minimum absolute atomic E-state index is 0.153. The average Bonchev–Trinajstić information content (AvgIpc) is 2.83. The number of thioether (sulfide) groups is 1. The molecule has 1 saturated heterocycles. The van der Waals surface area contributed by atoms with Gasteiger partial charge in [0.1, 0.15) is 0 Å². The highest BCUT2D eigenvalue weighted by atomic mass is 35.5. The predicted octanol–water partition coefficient (Wildman–Crippen LogP) is 4.27. The van der Waals surface area contributed by atoms with E-state index in [2.05, 4.69) is 0 Å². The van der Waals surface area contributed by atoms with Crippen molar-refractivity contribution in [1.29, 1.82) is 0 Å². The molecule has 2 aromatic rings. The van der Waals surface area contributed by atoms with Crippen LogP contribution in [0.1, 0.15) is 21.5 Å². The minimum Gasteiger partial charge on any atom is -0.478 e. The van der Waals surface area contributed by atoms with E-state index in [1.807, 2.05) is 0 Å². The molecule has 0 radical (unpaired) electrons. The largest absolute Gasteiger partial charge is 0.478 e. The molecule has 1 aliphatic rings. The van der Waals surface area contributed by atoms with Crippen LogP contribution in [-0.4, -0.2) is 27.1 Å². The third-order valence-corrected chi connectivity index (χ3v) is 4.70. The fraction of sp³-hybridized carbons (Fsp3) is 0.0556. The number of carboxylic acid groups (broad SMARTS) is 1. The highest BCUT2D eigenvalue weighted by molar-refractivity contribution is 8.18. The smallest absolute Gasteiger partial charge is 0.335 e. The van der Waals surface area contributed by atoms with Crippen LogP contribution in [0.15, 0.2) is 53.4 Å². The van der Waals surface area contributed by atoms with E-state index < -0.39 is 5.97 Å². The number of halogens is 1. The quantitative estimate of drug-likeness (QED) is 0.810. The second-order valence-corrected chi connectivity index (χ2v) is 6.75. The number of amides is 2. The van der Waals surface area contributed by atoms with E-state index >= 15 is 0 Å². The van der Waals surface area contributed by atoms with Gasteiger partial charge in [-0.15, -0.1) is 0 Å². The molecule has 25 heavy (non-hydrogen) atoms. The van der Waals surface area contributed by atoms with Crippen LogP contribution >= 0.6 is 23.4 Å². The van der Waals surface area contributed by atoms with Crippen LogP contribution in [0.25, 0.3) is 6.08 Å². The van der Waals surface area contributed by atoms with Gasteiger partial charge in [-0.3, -0.25) is 14.5 Å². The minimum atomic E-state index is -1.02. The van der Waals surface area contributed by atoms with Crippen molar-refractivity contribution in [3.05, 3.63) is 75.1 Å². The van der Waals surface area contributed by atoms with Gasteiger partial charge in [0, 0.05) is 5.02 Å². The molecule has 2 aromatic carbocycles. The Morgan fingerprint density at radius 2 is 1.88 bits per heavy atom. The second kappa shape index (κ2) is 7.13. The second-order valence-electron chi connectivity index (χ2n) is 5.32. The van der Waals surface area contributed by atoms with Gasteiger partial charge in [-0.05, 0) is 53.2 Å². The van der Waals surface area contributed by atoms with Crippen LogP contribution < -0.4 is 0 Å². The summed E-state index contributed by atoms with van der Waals surface area (Å²) in [4.78, 5) is 36.9. The van der Waals surface area contributed by atoms with Crippen molar-refractivity contribution in [3.8, 4) is 0 Å². The maximum Gasteiger partial charge on any atom is 0.335 e. The Balaban J connectivity index is 1.79. The Bertz CT molecular complexity index is 892. The Hall–Kier alpha value is -2.57. The number of carbonyl (C=O) groups is 3. The number of hydrogen-bond donors (Lipinski definition) is 1. The molecule has 0 aromatic heterocycles. The molecule has 0 unspecified atom stereocenters. The summed E-state index contributed by atoms with van der Waals surface area (Å²) in [7, 11) is 0. The highest BCUT2D eigenvalue weighted by Crippen LogP contribution is 2.33. The molecule has 1 aliphatic heterocycles. The molecule has 0 atom stereocenters. The normalized spacial score (nSPS) is 15.9. The van der Waals surface area contributed by atoms with E-state index in [1.165, 1.54) is 12.1 Å². The summed E-state index contributed by atoms with van der Waals surface area (Å²) in [5.41, 5.74) is 1.58. The number of carbonyl (C=O) groups excluding carboxylic acids is 2. The number of imide groups is 1. The zero-order valence-corrected chi connectivity index (χ0v) is 14.4. The summed E-state index contributed by atoms with van der Waals surface area (Å²) in [6.45, 7) is 0.153. The van der Waals surface area contributed by atoms with Gasteiger partial charge >= 0.3 is 5.97 Å². The topological polar surface area (TPSA) is 74.7 Å². The average molecular weight is 374 g/mol. The van der Waals surface area contributed by atoms with E-state index in [4.69, 9.17) is 16.7 Å². The zero-order chi connectivity index (χ0) is 18.0. The maximum atomic E-state index is 12.5. The summed E-state index contributed by atoms with van der Waals surface area (Å²) < 4.78 is 0. The lowest BCUT2D eigenvalue weighted by molar-refractivity contribution is -0.123. The fourth-order valence-corrected chi connectivity index (χ4v) is 3.38. The van der Waals surface area contributed by atoms with E-state index in [0.717, 1.165) is 22.2 Å². The predicted molar refractivity (Wildman–Crippen MR) is 96.4 cm³/mol. The molecular formula is C18H12ClNO4S. The van der Waals surface area contributed by atoms with Crippen LogP contribution in [0.5, 0.6) is 0 Å². The van der Waals surface area contributed by atoms with Gasteiger partial charge in [0.15, 0.2) is 0 Å². The first-order valence-electron chi connectivity index (χ1n) is 7.27. The Morgan fingerprint density at radius 3 is 2.52 bits per heavy atom. The number of carboxylic acids is 1. The Morgan fingerprint density at radius 1 is 1.16 bits per heavy atom. The molecular weight excluding hydrogens is 362 g/mol. The van der Waals surface area contributed by atoms with Crippen LogP contribution in [-0.2, 0) is 11.3 Å². The van der Waals surface area contributed by atoms with Crippen LogP contribution in [0.2, 0.25) is 5.02 Å². The Labute approximate surface area is 152 Å². The Kier molecular flexibility index (Phi) is 4.92. The monoisotopic (exact) mass is 373 g/mol. The molecule has 0 aliphatic carbocycles. The van der Waals surface area contributed by atoms with Gasteiger partial charge in [-0.2, -0.15) is 0 Å². The van der Waals surface area contributed by atoms with Gasteiger partial charge in [0.2, 0.25) is 0 Å². The number of aromatic carboxylic acids is 1. The summed E-state index contributed by atoms with van der Waals surface area (Å²) in [6, 6.07) is 13.1. The first-order chi connectivity index (χ1) is 11.9. The summed E-state index contributed by atoms with van der Waals surface area (Å²) in [5, 5.41) is 9.09. The number of rotatable bonds is 4. The third-order valence-electron chi connectivity index (χ3n) is 3.56. The number of hydrogen-bond acceptors (Lipinski definition) is 4. The van der Waals surface area contributed by atoms with E-state index in [-0.39, 0.29) is 23.3 Å². The molecule has 1 fully saturated rings. The summed E-state index contributed by atoms with van der Waals surface area (Å²) >= 11 is 6.79. The third kappa shape index (κ3) is 3.92. The fourth-order valence-electron chi connectivity index (χ4n) is 2.33.